The summed E-state index contributed by atoms with van der Waals surface area (Å²) < 4.78 is 18.6. The van der Waals surface area contributed by atoms with Crippen molar-refractivity contribution < 1.29 is 19.0 Å². The predicted octanol–water partition coefficient (Wildman–Crippen LogP) is 2.82. The zero-order valence-corrected chi connectivity index (χ0v) is 14.2. The number of anilines is 2. The highest BCUT2D eigenvalue weighted by Crippen LogP contribution is 2.18. The number of halogens is 1. The fourth-order valence-corrected chi connectivity index (χ4v) is 2.56. The summed E-state index contributed by atoms with van der Waals surface area (Å²) in [6, 6.07) is 13.8. The van der Waals surface area contributed by atoms with Crippen molar-refractivity contribution >= 4 is 17.3 Å². The quantitative estimate of drug-likeness (QED) is 0.653. The smallest absolute Gasteiger partial charge is 0.250 e. The van der Waals surface area contributed by atoms with E-state index >= 15 is 0 Å². The van der Waals surface area contributed by atoms with Crippen molar-refractivity contribution in [1.82, 2.24) is 0 Å². The van der Waals surface area contributed by atoms with E-state index < -0.39 is 12.5 Å². The Morgan fingerprint density at radius 1 is 1.20 bits per heavy atom. The van der Waals surface area contributed by atoms with Crippen LogP contribution >= 0.6 is 0 Å². The molecule has 1 atom stereocenters. The number of carbonyl (C=O) groups excluding carboxylic acids is 1. The second kappa shape index (κ2) is 9.76. The molecule has 2 aromatic rings. The highest BCUT2D eigenvalue weighted by atomic mass is 19.1. The van der Waals surface area contributed by atoms with E-state index in [-0.39, 0.29) is 11.9 Å². The van der Waals surface area contributed by atoms with Crippen molar-refractivity contribution in [2.45, 2.75) is 18.9 Å². The molecule has 0 aromatic heterocycles. The van der Waals surface area contributed by atoms with Crippen molar-refractivity contribution in [3.05, 3.63) is 59.9 Å². The van der Waals surface area contributed by atoms with E-state index in [0.29, 0.717) is 18.7 Å². The van der Waals surface area contributed by atoms with Crippen LogP contribution in [0.2, 0.25) is 0 Å². The third-order valence-corrected chi connectivity index (χ3v) is 3.70. The Balaban J connectivity index is 2.08. The summed E-state index contributed by atoms with van der Waals surface area (Å²) >= 11 is 0. The molecule has 1 unspecified atom stereocenters. The Hall–Kier alpha value is -2.44. The number of carbonyl (C=O) groups is 1. The molecule has 0 aliphatic heterocycles. The average molecular weight is 346 g/mol. The van der Waals surface area contributed by atoms with E-state index in [1.54, 1.807) is 25.3 Å². The summed E-state index contributed by atoms with van der Waals surface area (Å²) in [6.07, 6.45) is 1.40. The van der Waals surface area contributed by atoms with Crippen molar-refractivity contribution in [3.8, 4) is 0 Å². The summed E-state index contributed by atoms with van der Waals surface area (Å²) in [5, 5.41) is 14.8. The molecule has 2 rings (SSSR count). The summed E-state index contributed by atoms with van der Waals surface area (Å²) in [5.74, 6) is -0.718. The van der Waals surface area contributed by atoms with E-state index in [2.05, 4.69) is 10.6 Å². The van der Waals surface area contributed by atoms with Gasteiger partial charge in [-0.1, -0.05) is 18.2 Å². The van der Waals surface area contributed by atoms with Crippen LogP contribution in [-0.4, -0.2) is 37.4 Å². The highest BCUT2D eigenvalue weighted by molar-refractivity contribution is 5.91. The fraction of sp³-hybridized carbons (Fsp3) is 0.316. The van der Waals surface area contributed by atoms with E-state index in [0.717, 1.165) is 17.7 Å². The van der Waals surface area contributed by atoms with Gasteiger partial charge in [-0.3, -0.25) is 4.79 Å². The summed E-state index contributed by atoms with van der Waals surface area (Å²) in [6.45, 7) is 0.0155. The Kier molecular flexibility index (Phi) is 7.37. The third-order valence-electron chi connectivity index (χ3n) is 3.70. The lowest BCUT2D eigenvalue weighted by molar-refractivity contribution is -0.118. The molecule has 134 valence electrons. The van der Waals surface area contributed by atoms with Gasteiger partial charge in [-0.25, -0.2) is 4.39 Å². The molecule has 0 radical (unpaired) electrons. The molecule has 6 heteroatoms. The van der Waals surface area contributed by atoms with Crippen LogP contribution in [0.5, 0.6) is 0 Å². The molecule has 0 aliphatic rings. The molecular weight excluding hydrogens is 323 g/mol. The maximum atomic E-state index is 13.4. The van der Waals surface area contributed by atoms with Gasteiger partial charge in [0.05, 0.1) is 0 Å². The van der Waals surface area contributed by atoms with Gasteiger partial charge in [0.2, 0.25) is 5.91 Å². The van der Waals surface area contributed by atoms with E-state index in [9.17, 15) is 9.18 Å². The summed E-state index contributed by atoms with van der Waals surface area (Å²) in [4.78, 5) is 11.3. The standard InChI is InChI=1S/C19H23FN2O3/c1-25-9-8-18(11-14-4-2-5-15(20)10-14)21-16-6-3-7-17(12-16)22-19(24)13-23/h2-7,10,12,18,21,23H,8-9,11,13H2,1H3,(H,22,24). The van der Waals surface area contributed by atoms with Gasteiger partial charge in [0.1, 0.15) is 12.4 Å². The molecule has 0 fully saturated rings. The number of aliphatic hydroxyl groups excluding tert-OH is 1. The first-order chi connectivity index (χ1) is 12.1. The second-order valence-corrected chi connectivity index (χ2v) is 5.74. The van der Waals surface area contributed by atoms with Crippen LogP contribution in [0.25, 0.3) is 0 Å². The molecule has 0 spiro atoms. The zero-order chi connectivity index (χ0) is 18.1. The number of amides is 1. The minimum absolute atomic E-state index is 0.0468. The molecule has 0 saturated heterocycles. The molecule has 2 aromatic carbocycles. The van der Waals surface area contributed by atoms with Crippen molar-refractivity contribution in [2.75, 3.05) is 31.0 Å². The van der Waals surface area contributed by atoms with Gasteiger partial charge in [0, 0.05) is 31.1 Å². The normalized spacial score (nSPS) is 11.8. The third kappa shape index (κ3) is 6.52. The van der Waals surface area contributed by atoms with Gasteiger partial charge in [-0.2, -0.15) is 0 Å². The predicted molar refractivity (Wildman–Crippen MR) is 96.2 cm³/mol. The van der Waals surface area contributed by atoms with Crippen LogP contribution in [0.3, 0.4) is 0 Å². The topological polar surface area (TPSA) is 70.6 Å². The van der Waals surface area contributed by atoms with Crippen molar-refractivity contribution in [2.24, 2.45) is 0 Å². The molecular formula is C19H23FN2O3. The van der Waals surface area contributed by atoms with Crippen LogP contribution in [0.15, 0.2) is 48.5 Å². The van der Waals surface area contributed by atoms with E-state index in [4.69, 9.17) is 9.84 Å². The van der Waals surface area contributed by atoms with Gasteiger partial charge >= 0.3 is 0 Å². The Bertz CT molecular complexity index is 694. The van der Waals surface area contributed by atoms with Gasteiger partial charge in [0.25, 0.3) is 0 Å². The maximum absolute atomic E-state index is 13.4. The first kappa shape index (κ1) is 18.9. The fourth-order valence-electron chi connectivity index (χ4n) is 2.56. The first-order valence-electron chi connectivity index (χ1n) is 8.11. The van der Waals surface area contributed by atoms with Gasteiger partial charge in [0.15, 0.2) is 0 Å². The van der Waals surface area contributed by atoms with Crippen molar-refractivity contribution in [1.29, 1.82) is 0 Å². The second-order valence-electron chi connectivity index (χ2n) is 5.74. The average Bonchev–Trinajstić information content (AvgIpc) is 2.60. The van der Waals surface area contributed by atoms with Gasteiger partial charge < -0.3 is 20.5 Å². The summed E-state index contributed by atoms with van der Waals surface area (Å²) in [7, 11) is 1.64. The van der Waals surface area contributed by atoms with Crippen LogP contribution in [0.4, 0.5) is 15.8 Å². The highest BCUT2D eigenvalue weighted by Gasteiger charge is 2.11. The zero-order valence-electron chi connectivity index (χ0n) is 14.2. The van der Waals surface area contributed by atoms with Crippen molar-refractivity contribution in [3.63, 3.8) is 0 Å². The van der Waals surface area contributed by atoms with Gasteiger partial charge in [-0.15, -0.1) is 0 Å². The Morgan fingerprint density at radius 3 is 2.68 bits per heavy atom. The van der Waals surface area contributed by atoms with Gasteiger partial charge in [-0.05, 0) is 48.7 Å². The van der Waals surface area contributed by atoms with Crippen LogP contribution in [-0.2, 0) is 16.0 Å². The maximum Gasteiger partial charge on any atom is 0.250 e. The summed E-state index contributed by atoms with van der Waals surface area (Å²) in [5.41, 5.74) is 2.33. The monoisotopic (exact) mass is 346 g/mol. The van der Waals surface area contributed by atoms with Crippen LogP contribution in [0, 0.1) is 5.82 Å². The van der Waals surface area contributed by atoms with Crippen LogP contribution < -0.4 is 10.6 Å². The number of methoxy groups -OCH3 is 1. The number of nitrogens with one attached hydrogen (secondary N) is 2. The molecule has 3 N–H and O–H groups in total. The molecule has 0 aliphatic carbocycles. The molecule has 0 heterocycles. The lowest BCUT2D eigenvalue weighted by Crippen LogP contribution is -2.24. The minimum Gasteiger partial charge on any atom is -0.387 e. The number of rotatable bonds is 9. The first-order valence-corrected chi connectivity index (χ1v) is 8.11. The minimum atomic E-state index is -0.562. The van der Waals surface area contributed by atoms with E-state index in [1.807, 2.05) is 18.2 Å². The van der Waals surface area contributed by atoms with Crippen LogP contribution in [0.1, 0.15) is 12.0 Å². The molecule has 0 saturated carbocycles. The Labute approximate surface area is 146 Å². The number of aliphatic hydroxyl groups is 1. The molecule has 1 amide bonds. The molecule has 0 bridgehead atoms. The SMILES string of the molecule is COCCC(Cc1cccc(F)c1)Nc1cccc(NC(=O)CO)c1. The number of benzene rings is 2. The van der Waals surface area contributed by atoms with E-state index in [1.165, 1.54) is 12.1 Å². The Morgan fingerprint density at radius 2 is 1.96 bits per heavy atom. The lowest BCUT2D eigenvalue weighted by Gasteiger charge is -2.20. The molecule has 5 nitrogen and oxygen atoms in total. The number of hydrogen-bond acceptors (Lipinski definition) is 4. The number of hydrogen-bond donors (Lipinski definition) is 3. The number of ether oxygens (including phenoxy) is 1. The largest absolute Gasteiger partial charge is 0.387 e. The molecule has 25 heavy (non-hydrogen) atoms. The lowest BCUT2D eigenvalue weighted by atomic mass is 10.0.